The lowest BCUT2D eigenvalue weighted by atomic mass is 10.3. The summed E-state index contributed by atoms with van der Waals surface area (Å²) >= 11 is 0. The molecule has 2 atom stereocenters. The molecule has 0 heterocycles. The molecule has 0 aliphatic rings. The predicted molar refractivity (Wildman–Crippen MR) is 160 cm³/mol. The molecule has 0 aromatic heterocycles. The van der Waals surface area contributed by atoms with Crippen LogP contribution < -0.4 is 16.8 Å². The molecule has 0 amide bonds. The SMILES string of the molecule is [CH]CCC[Si](C)([Si](C)(C)CCN)[Si](C)(CCCCNCCCCN(C)C)O[Si](C)(C)CCN. The molecule has 0 aromatic rings. The van der Waals surface area contributed by atoms with Gasteiger partial charge in [-0.1, -0.05) is 44.9 Å². The van der Waals surface area contributed by atoms with Gasteiger partial charge in [-0.3, -0.25) is 0 Å². The second-order valence-electron chi connectivity index (χ2n) is 12.0. The molecule has 198 valence electrons. The zero-order valence-electron chi connectivity index (χ0n) is 23.7. The highest BCUT2D eigenvalue weighted by Crippen LogP contribution is 2.41. The average molecular weight is 533 g/mol. The number of hydrogen-bond donors (Lipinski definition) is 3. The van der Waals surface area contributed by atoms with Crippen LogP contribution in [0, 0.1) is 6.92 Å². The first-order valence-corrected chi connectivity index (χ1v) is 27.1. The van der Waals surface area contributed by atoms with E-state index in [9.17, 15) is 0 Å². The fourth-order valence-electron chi connectivity index (χ4n) is 5.37. The number of nitrogens with two attached hydrogens (primary N) is 2. The van der Waals surface area contributed by atoms with Crippen LogP contribution in [0.25, 0.3) is 0 Å². The van der Waals surface area contributed by atoms with Crippen LogP contribution >= 0.6 is 0 Å². The van der Waals surface area contributed by atoms with Crippen molar-refractivity contribution in [1.29, 1.82) is 0 Å². The van der Waals surface area contributed by atoms with E-state index in [2.05, 4.69) is 63.6 Å². The summed E-state index contributed by atoms with van der Waals surface area (Å²) in [4.78, 5) is 2.27. The Bertz CT molecular complexity index is 511. The number of rotatable bonds is 21. The largest absolute Gasteiger partial charge is 0.458 e. The molecule has 9 heteroatoms. The topological polar surface area (TPSA) is 76.5 Å². The standard InChI is InChI=1S/C24H60N4OSi4/c1-10-11-22-33(9,31(6,7)24-17-26)32(8,29-30(4,5)23-16-25)21-15-13-19-27-18-12-14-20-28(2)3/h1,27H,10-26H2,2-9H3. The number of nitrogens with one attached hydrogen (secondary N) is 1. The molecule has 0 bridgehead atoms. The molecule has 5 nitrogen and oxygen atoms in total. The summed E-state index contributed by atoms with van der Waals surface area (Å²) in [5.74, 6) is 0. The van der Waals surface area contributed by atoms with E-state index in [1.165, 1.54) is 50.4 Å². The lowest BCUT2D eigenvalue weighted by Crippen LogP contribution is -2.76. The Labute approximate surface area is 212 Å². The molecule has 2 radical (unpaired) electrons. The van der Waals surface area contributed by atoms with Crippen molar-refractivity contribution in [3.05, 3.63) is 6.92 Å². The van der Waals surface area contributed by atoms with Crippen LogP contribution in [0.15, 0.2) is 0 Å². The second-order valence-corrected chi connectivity index (χ2v) is 42.6. The first-order valence-electron chi connectivity index (χ1n) is 13.5. The highest BCUT2D eigenvalue weighted by atomic mass is 29.6. The highest BCUT2D eigenvalue weighted by molar-refractivity contribution is 7.68. The van der Waals surface area contributed by atoms with Crippen LogP contribution in [-0.4, -0.2) is 82.6 Å². The van der Waals surface area contributed by atoms with Crippen LogP contribution in [0.2, 0.25) is 63.5 Å². The molecule has 0 saturated carbocycles. The summed E-state index contributed by atoms with van der Waals surface area (Å²) in [5.41, 5.74) is 12.2. The predicted octanol–water partition coefficient (Wildman–Crippen LogP) is 4.85. The second kappa shape index (κ2) is 16.4. The summed E-state index contributed by atoms with van der Waals surface area (Å²) in [5, 5.41) is 3.67. The molecule has 0 rings (SSSR count). The molecule has 33 heavy (non-hydrogen) atoms. The summed E-state index contributed by atoms with van der Waals surface area (Å²) < 4.78 is 7.43. The molecule has 0 aliphatic heterocycles. The lowest BCUT2D eigenvalue weighted by Gasteiger charge is -2.54. The van der Waals surface area contributed by atoms with Crippen molar-refractivity contribution in [2.45, 2.75) is 102 Å². The first-order chi connectivity index (χ1) is 15.3. The van der Waals surface area contributed by atoms with Crippen molar-refractivity contribution in [1.82, 2.24) is 10.2 Å². The van der Waals surface area contributed by atoms with Crippen molar-refractivity contribution in [3.63, 3.8) is 0 Å². The van der Waals surface area contributed by atoms with Gasteiger partial charge in [0.2, 0.25) is 0 Å². The minimum atomic E-state index is -1.92. The Morgan fingerprint density at radius 2 is 1.33 bits per heavy atom. The zero-order valence-corrected chi connectivity index (χ0v) is 27.7. The molecule has 0 fully saturated rings. The minimum Gasteiger partial charge on any atom is -0.458 e. The molecular formula is C24H60N4OSi4. The monoisotopic (exact) mass is 532 g/mol. The number of unbranched alkanes of at least 4 members (excludes halogenated alkanes) is 3. The molecule has 0 spiro atoms. The van der Waals surface area contributed by atoms with E-state index in [1.807, 2.05) is 0 Å². The van der Waals surface area contributed by atoms with Gasteiger partial charge < -0.3 is 25.8 Å². The van der Waals surface area contributed by atoms with E-state index < -0.39 is 30.9 Å². The Hall–Kier alpha value is 0.668. The third kappa shape index (κ3) is 12.0. The summed E-state index contributed by atoms with van der Waals surface area (Å²) in [6.07, 6.45) is 6.99. The summed E-state index contributed by atoms with van der Waals surface area (Å²) in [6.45, 7) is 26.4. The van der Waals surface area contributed by atoms with Gasteiger partial charge in [-0.2, -0.15) is 0 Å². The molecule has 0 aromatic carbocycles. The Kier molecular flexibility index (Phi) is 16.8. The Morgan fingerprint density at radius 3 is 1.85 bits per heavy atom. The molecule has 0 saturated heterocycles. The van der Waals surface area contributed by atoms with Crippen molar-refractivity contribution in [2.75, 3.05) is 46.8 Å². The van der Waals surface area contributed by atoms with E-state index in [4.69, 9.17) is 22.5 Å². The molecule has 2 unspecified atom stereocenters. The Balaban J connectivity index is 5.35. The van der Waals surface area contributed by atoms with Crippen LogP contribution in [0.1, 0.15) is 38.5 Å². The van der Waals surface area contributed by atoms with Gasteiger partial charge in [0.05, 0.1) is 7.11 Å². The molecule has 5 N–H and O–H groups in total. The van der Waals surface area contributed by atoms with Crippen molar-refractivity contribution in [2.24, 2.45) is 11.5 Å². The molecule has 0 aliphatic carbocycles. The van der Waals surface area contributed by atoms with Gasteiger partial charge in [0.25, 0.3) is 0 Å². The van der Waals surface area contributed by atoms with Gasteiger partial charge in [-0.15, -0.1) is 0 Å². The maximum atomic E-state index is 7.43. The van der Waals surface area contributed by atoms with E-state index in [0.29, 0.717) is 0 Å². The average Bonchev–Trinajstić information content (AvgIpc) is 2.69. The maximum Gasteiger partial charge on any atom is 0.174 e. The number of hydrogen-bond acceptors (Lipinski definition) is 5. The van der Waals surface area contributed by atoms with E-state index >= 15 is 0 Å². The van der Waals surface area contributed by atoms with Crippen molar-refractivity contribution in [3.8, 4) is 0 Å². The van der Waals surface area contributed by atoms with Gasteiger partial charge in [-0.25, -0.2) is 0 Å². The highest BCUT2D eigenvalue weighted by Gasteiger charge is 2.58. The fraction of sp³-hybridized carbons (Fsp3) is 0.958. The van der Waals surface area contributed by atoms with Crippen molar-refractivity contribution >= 4 is 30.9 Å². The third-order valence-electron chi connectivity index (χ3n) is 8.03. The minimum absolute atomic E-state index is 0.742. The normalized spacial score (nSPS) is 16.7. The van der Waals surface area contributed by atoms with E-state index in [-0.39, 0.29) is 0 Å². The third-order valence-corrected chi connectivity index (χ3v) is 53.8. The van der Waals surface area contributed by atoms with Gasteiger partial charge in [0.1, 0.15) is 0 Å². The van der Waals surface area contributed by atoms with Crippen LogP contribution in [0.5, 0.6) is 0 Å². The van der Waals surface area contributed by atoms with Gasteiger partial charge >= 0.3 is 0 Å². The van der Waals surface area contributed by atoms with Crippen molar-refractivity contribution < 1.29 is 4.12 Å². The van der Waals surface area contributed by atoms with Gasteiger partial charge in [0, 0.05) is 7.59 Å². The fourth-order valence-corrected chi connectivity index (χ4v) is 53.2. The first kappa shape index (κ1) is 33.7. The van der Waals surface area contributed by atoms with Crippen LogP contribution in [0.4, 0.5) is 0 Å². The summed E-state index contributed by atoms with van der Waals surface area (Å²) in [7, 11) is -2.53. The van der Waals surface area contributed by atoms with Gasteiger partial charge in [0.15, 0.2) is 16.2 Å². The van der Waals surface area contributed by atoms with E-state index in [0.717, 1.165) is 45.1 Å². The van der Waals surface area contributed by atoms with E-state index in [1.54, 1.807) is 0 Å². The summed E-state index contributed by atoms with van der Waals surface area (Å²) in [6, 6.07) is 4.90. The molecular weight excluding hydrogens is 473 g/mol. The zero-order chi connectivity index (χ0) is 25.6. The Morgan fingerprint density at radius 1 is 0.758 bits per heavy atom. The lowest BCUT2D eigenvalue weighted by molar-refractivity contribution is 0.391. The maximum absolute atomic E-state index is 7.43. The van der Waals surface area contributed by atoms with Gasteiger partial charge in [-0.05, 0) is 111 Å². The van der Waals surface area contributed by atoms with Crippen LogP contribution in [0.3, 0.4) is 0 Å². The quantitative estimate of drug-likeness (QED) is 0.145. The smallest absolute Gasteiger partial charge is 0.174 e. The number of nitrogens with zero attached hydrogens (tertiary/aromatic N) is 1. The van der Waals surface area contributed by atoms with Crippen LogP contribution in [-0.2, 0) is 4.12 Å².